The molecular formula is C22H18BrNO5. The molecule has 1 aliphatic heterocycles. The van der Waals surface area contributed by atoms with Crippen LogP contribution in [0.25, 0.3) is 0 Å². The third kappa shape index (κ3) is 4.75. The van der Waals surface area contributed by atoms with Gasteiger partial charge < -0.3 is 19.1 Å². The number of ether oxygens (including phenoxy) is 3. The van der Waals surface area contributed by atoms with Crippen molar-refractivity contribution in [2.24, 2.45) is 0 Å². The second-order valence-corrected chi connectivity index (χ2v) is 6.78. The van der Waals surface area contributed by atoms with E-state index in [2.05, 4.69) is 15.9 Å². The van der Waals surface area contributed by atoms with Crippen LogP contribution < -0.4 is 9.64 Å². The maximum atomic E-state index is 12.4. The van der Waals surface area contributed by atoms with Gasteiger partial charge >= 0.3 is 11.9 Å². The highest BCUT2D eigenvalue weighted by Gasteiger charge is 2.27. The van der Waals surface area contributed by atoms with E-state index in [1.807, 2.05) is 24.3 Å². The van der Waals surface area contributed by atoms with Crippen LogP contribution in [-0.2, 0) is 19.1 Å². The van der Waals surface area contributed by atoms with Gasteiger partial charge in [-0.15, -0.1) is 0 Å². The number of esters is 2. The van der Waals surface area contributed by atoms with Gasteiger partial charge in [0.1, 0.15) is 17.2 Å². The molecule has 0 amide bonds. The number of allylic oxidation sites excluding steroid dienone is 2. The molecule has 2 aromatic rings. The molecule has 1 heterocycles. The number of nitrogens with zero attached hydrogens (tertiary/aromatic N) is 1. The molecule has 1 aliphatic rings. The Labute approximate surface area is 176 Å². The molecule has 2 aromatic carbocycles. The zero-order valence-corrected chi connectivity index (χ0v) is 17.4. The molecule has 0 aliphatic carbocycles. The molecule has 29 heavy (non-hydrogen) atoms. The molecule has 0 aromatic heterocycles. The van der Waals surface area contributed by atoms with E-state index >= 15 is 0 Å². The Bertz CT molecular complexity index is 991. The third-order valence-corrected chi connectivity index (χ3v) is 4.58. The molecule has 148 valence electrons. The van der Waals surface area contributed by atoms with Crippen molar-refractivity contribution in [3.63, 3.8) is 0 Å². The second kappa shape index (κ2) is 9.25. The minimum absolute atomic E-state index is 0.0610. The predicted octanol–water partition coefficient (Wildman–Crippen LogP) is 4.73. The van der Waals surface area contributed by atoms with Crippen molar-refractivity contribution in [3.8, 4) is 11.5 Å². The number of rotatable bonds is 5. The average Bonchev–Trinajstić information content (AvgIpc) is 2.98. The largest absolute Gasteiger partial charge is 0.465 e. The molecule has 0 fully saturated rings. The summed E-state index contributed by atoms with van der Waals surface area (Å²) in [5.74, 6) is 0.0371. The first-order chi connectivity index (χ1) is 14.0. The number of halogens is 1. The SMILES string of the molecule is COC(=O)C1=C(C(=O)OC)N(c2ccc(Oc3ccc(Br)cc3)cc2)C=CC=C1. The zero-order chi connectivity index (χ0) is 20.8. The fraction of sp³-hybridized carbons (Fsp3) is 0.0909. The lowest BCUT2D eigenvalue weighted by molar-refractivity contribution is -0.139. The van der Waals surface area contributed by atoms with Crippen molar-refractivity contribution >= 4 is 33.6 Å². The Morgan fingerprint density at radius 2 is 1.41 bits per heavy atom. The van der Waals surface area contributed by atoms with E-state index in [4.69, 9.17) is 14.2 Å². The van der Waals surface area contributed by atoms with Gasteiger partial charge in [0.2, 0.25) is 0 Å². The van der Waals surface area contributed by atoms with E-state index in [0.29, 0.717) is 17.2 Å². The van der Waals surface area contributed by atoms with E-state index in [9.17, 15) is 9.59 Å². The zero-order valence-electron chi connectivity index (χ0n) is 15.8. The lowest BCUT2D eigenvalue weighted by Crippen LogP contribution is -2.26. The summed E-state index contributed by atoms with van der Waals surface area (Å²) in [6.45, 7) is 0. The van der Waals surface area contributed by atoms with Gasteiger partial charge in [-0.1, -0.05) is 22.0 Å². The van der Waals surface area contributed by atoms with Gasteiger partial charge in [-0.2, -0.15) is 0 Å². The monoisotopic (exact) mass is 455 g/mol. The van der Waals surface area contributed by atoms with E-state index in [-0.39, 0.29) is 11.3 Å². The van der Waals surface area contributed by atoms with Crippen molar-refractivity contribution in [1.29, 1.82) is 0 Å². The topological polar surface area (TPSA) is 65.1 Å². The molecule has 0 radical (unpaired) electrons. The Morgan fingerprint density at radius 3 is 2.00 bits per heavy atom. The molecule has 3 rings (SSSR count). The molecular weight excluding hydrogens is 438 g/mol. The van der Waals surface area contributed by atoms with Gasteiger partial charge in [0.05, 0.1) is 19.8 Å². The summed E-state index contributed by atoms with van der Waals surface area (Å²) in [7, 11) is 2.52. The fourth-order valence-electron chi connectivity index (χ4n) is 2.68. The van der Waals surface area contributed by atoms with Crippen LogP contribution in [0.1, 0.15) is 0 Å². The normalized spacial score (nSPS) is 13.1. The number of carbonyl (C=O) groups is 2. The van der Waals surface area contributed by atoms with Crippen LogP contribution in [0.5, 0.6) is 11.5 Å². The van der Waals surface area contributed by atoms with Crippen molar-refractivity contribution in [2.45, 2.75) is 0 Å². The van der Waals surface area contributed by atoms with Crippen molar-refractivity contribution in [1.82, 2.24) is 0 Å². The van der Waals surface area contributed by atoms with Gasteiger partial charge in [0.15, 0.2) is 0 Å². The Kier molecular flexibility index (Phi) is 6.51. The van der Waals surface area contributed by atoms with Crippen LogP contribution in [0.3, 0.4) is 0 Å². The highest BCUT2D eigenvalue weighted by Crippen LogP contribution is 2.29. The standard InChI is InChI=1S/C22H18BrNO5/c1-27-21(25)19-5-3-4-14-24(20(19)22(26)28-2)16-8-12-18(13-9-16)29-17-10-6-15(23)7-11-17/h3-14H,1-2H3. The predicted molar refractivity (Wildman–Crippen MR) is 112 cm³/mol. The maximum absolute atomic E-state index is 12.4. The lowest BCUT2D eigenvalue weighted by Gasteiger charge is -2.23. The first kappa shape index (κ1) is 20.4. The molecule has 7 heteroatoms. The van der Waals surface area contributed by atoms with Gasteiger partial charge in [-0.25, -0.2) is 9.59 Å². The summed E-state index contributed by atoms with van der Waals surface area (Å²) in [5.41, 5.74) is 0.806. The maximum Gasteiger partial charge on any atom is 0.355 e. The van der Waals surface area contributed by atoms with Gasteiger partial charge in [0, 0.05) is 16.4 Å². The first-order valence-corrected chi connectivity index (χ1v) is 9.41. The minimum atomic E-state index is -0.656. The van der Waals surface area contributed by atoms with Crippen LogP contribution in [-0.4, -0.2) is 26.2 Å². The lowest BCUT2D eigenvalue weighted by atomic mass is 10.1. The van der Waals surface area contributed by atoms with Crippen molar-refractivity contribution < 1.29 is 23.8 Å². The fourth-order valence-corrected chi connectivity index (χ4v) is 2.94. The molecule has 0 saturated heterocycles. The van der Waals surface area contributed by atoms with Crippen LogP contribution in [0.4, 0.5) is 5.69 Å². The number of benzene rings is 2. The Morgan fingerprint density at radius 1 is 0.828 bits per heavy atom. The van der Waals surface area contributed by atoms with Gasteiger partial charge in [-0.05, 0) is 60.7 Å². The number of hydrogen-bond acceptors (Lipinski definition) is 6. The number of hydrogen-bond donors (Lipinski definition) is 0. The summed E-state index contributed by atoms with van der Waals surface area (Å²) in [4.78, 5) is 26.2. The summed E-state index contributed by atoms with van der Waals surface area (Å²) in [5, 5.41) is 0. The molecule has 6 nitrogen and oxygen atoms in total. The van der Waals surface area contributed by atoms with Gasteiger partial charge in [0.25, 0.3) is 0 Å². The molecule has 0 unspecified atom stereocenters. The van der Waals surface area contributed by atoms with Crippen molar-refractivity contribution in [3.05, 3.63) is 88.7 Å². The van der Waals surface area contributed by atoms with E-state index in [1.54, 1.807) is 47.5 Å². The average molecular weight is 456 g/mol. The summed E-state index contributed by atoms with van der Waals surface area (Å²) >= 11 is 3.39. The highest BCUT2D eigenvalue weighted by molar-refractivity contribution is 9.10. The van der Waals surface area contributed by atoms with Crippen LogP contribution in [0.15, 0.2) is 88.7 Å². The highest BCUT2D eigenvalue weighted by atomic mass is 79.9. The van der Waals surface area contributed by atoms with E-state index in [0.717, 1.165) is 4.47 Å². The molecule has 0 N–H and O–H groups in total. The van der Waals surface area contributed by atoms with Crippen LogP contribution >= 0.6 is 15.9 Å². The van der Waals surface area contributed by atoms with Gasteiger partial charge in [-0.3, -0.25) is 0 Å². The number of carbonyl (C=O) groups excluding carboxylic acids is 2. The second-order valence-electron chi connectivity index (χ2n) is 5.87. The van der Waals surface area contributed by atoms with Crippen LogP contribution in [0, 0.1) is 0 Å². The number of methoxy groups -OCH3 is 2. The van der Waals surface area contributed by atoms with Crippen LogP contribution in [0.2, 0.25) is 0 Å². The summed E-state index contributed by atoms with van der Waals surface area (Å²) < 4.78 is 16.5. The molecule has 0 atom stereocenters. The Hall–Kier alpha value is -3.32. The van der Waals surface area contributed by atoms with Crippen molar-refractivity contribution in [2.75, 3.05) is 19.1 Å². The molecule has 0 spiro atoms. The summed E-state index contributed by atoms with van der Waals surface area (Å²) in [6, 6.07) is 14.6. The third-order valence-electron chi connectivity index (χ3n) is 4.05. The molecule has 0 bridgehead atoms. The van der Waals surface area contributed by atoms with E-state index in [1.165, 1.54) is 20.3 Å². The molecule has 0 saturated carbocycles. The minimum Gasteiger partial charge on any atom is -0.465 e. The number of anilines is 1. The smallest absolute Gasteiger partial charge is 0.355 e. The first-order valence-electron chi connectivity index (χ1n) is 8.62. The Balaban J connectivity index is 1.93. The summed E-state index contributed by atoms with van der Waals surface area (Å²) in [6.07, 6.45) is 6.55. The quantitative estimate of drug-likeness (QED) is 0.607. The van der Waals surface area contributed by atoms with E-state index < -0.39 is 11.9 Å².